The molecule has 1 aromatic carbocycles. The lowest BCUT2D eigenvalue weighted by atomic mass is 10.0. The van der Waals surface area contributed by atoms with Gasteiger partial charge in [0.25, 0.3) is 0 Å². The minimum absolute atomic E-state index is 0.143. The summed E-state index contributed by atoms with van der Waals surface area (Å²) in [4.78, 5) is 14.0. The van der Waals surface area contributed by atoms with Crippen LogP contribution in [0.3, 0.4) is 0 Å². The molecule has 1 N–H and O–H groups in total. The summed E-state index contributed by atoms with van der Waals surface area (Å²) in [7, 11) is 0. The van der Waals surface area contributed by atoms with Crippen LogP contribution in [0.1, 0.15) is 39.2 Å². The van der Waals surface area contributed by atoms with Gasteiger partial charge in [-0.3, -0.25) is 4.79 Å². The van der Waals surface area contributed by atoms with Crippen molar-refractivity contribution < 1.29 is 4.79 Å². The zero-order chi connectivity index (χ0) is 13.9. The van der Waals surface area contributed by atoms with Gasteiger partial charge >= 0.3 is 0 Å². The first-order chi connectivity index (χ1) is 8.97. The molecule has 0 bridgehead atoms. The normalized spacial score (nSPS) is 15.5. The first kappa shape index (κ1) is 14.1. The van der Waals surface area contributed by atoms with E-state index in [1.807, 2.05) is 17.0 Å². The summed E-state index contributed by atoms with van der Waals surface area (Å²) >= 11 is 0. The summed E-state index contributed by atoms with van der Waals surface area (Å²) in [6.07, 6.45) is 2.51. The van der Waals surface area contributed by atoms with Gasteiger partial charge in [-0.2, -0.15) is 0 Å². The molecule has 0 spiro atoms. The van der Waals surface area contributed by atoms with E-state index in [9.17, 15) is 4.79 Å². The Hall–Kier alpha value is -1.35. The fraction of sp³-hybridized carbons (Fsp3) is 0.562. The number of amides is 1. The van der Waals surface area contributed by atoms with E-state index in [0.717, 1.165) is 31.6 Å². The van der Waals surface area contributed by atoms with Crippen molar-refractivity contribution in [3.05, 3.63) is 29.8 Å². The minimum atomic E-state index is 0.143. The predicted octanol–water partition coefficient (Wildman–Crippen LogP) is 2.74. The van der Waals surface area contributed by atoms with E-state index >= 15 is 0 Å². The molecule has 2 rings (SSSR count). The zero-order valence-electron chi connectivity index (χ0n) is 12.2. The third-order valence-electron chi connectivity index (χ3n) is 3.41. The van der Waals surface area contributed by atoms with Crippen LogP contribution >= 0.6 is 0 Å². The Kier molecular flexibility index (Phi) is 4.25. The summed E-state index contributed by atoms with van der Waals surface area (Å²) in [6.45, 7) is 8.23. The quantitative estimate of drug-likeness (QED) is 0.844. The van der Waals surface area contributed by atoms with Gasteiger partial charge in [0.2, 0.25) is 5.91 Å². The number of nitrogens with one attached hydrogen (secondary N) is 1. The molecule has 1 aliphatic heterocycles. The van der Waals surface area contributed by atoms with Crippen LogP contribution in [-0.4, -0.2) is 24.5 Å². The topological polar surface area (TPSA) is 32.3 Å². The lowest BCUT2D eigenvalue weighted by Gasteiger charge is -2.30. The maximum atomic E-state index is 12.1. The van der Waals surface area contributed by atoms with Crippen molar-refractivity contribution in [2.24, 2.45) is 0 Å². The second-order valence-electron chi connectivity index (χ2n) is 6.20. The largest absolute Gasteiger partial charge is 0.312 e. The lowest BCUT2D eigenvalue weighted by molar-refractivity contribution is -0.118. The third kappa shape index (κ3) is 3.80. The molecule has 1 heterocycles. The highest BCUT2D eigenvalue weighted by Crippen LogP contribution is 2.27. The molecule has 1 amide bonds. The molecule has 3 nitrogen and oxygen atoms in total. The molecule has 0 fully saturated rings. The Morgan fingerprint density at radius 2 is 1.95 bits per heavy atom. The first-order valence-corrected chi connectivity index (χ1v) is 7.11. The summed E-state index contributed by atoms with van der Waals surface area (Å²) < 4.78 is 0. The Bertz CT molecular complexity index is 448. The average Bonchev–Trinajstić information content (AvgIpc) is 2.35. The molecular formula is C16H24N2O. The molecule has 0 radical (unpaired) electrons. The van der Waals surface area contributed by atoms with Crippen LogP contribution in [0.15, 0.2) is 24.3 Å². The van der Waals surface area contributed by atoms with E-state index in [1.165, 1.54) is 5.56 Å². The van der Waals surface area contributed by atoms with Crippen molar-refractivity contribution in [3.63, 3.8) is 0 Å². The number of anilines is 1. The summed E-state index contributed by atoms with van der Waals surface area (Å²) in [6, 6.07) is 8.25. The Balaban J connectivity index is 1.94. The molecule has 1 aliphatic rings. The molecule has 19 heavy (non-hydrogen) atoms. The molecule has 0 saturated heterocycles. The van der Waals surface area contributed by atoms with Crippen molar-refractivity contribution in [2.45, 2.75) is 45.6 Å². The molecule has 0 aromatic heterocycles. The standard InChI is InChI=1S/C16H24N2O/c1-16(2,3)17-11-6-12-18-14-8-5-4-7-13(14)9-10-15(18)19/h4-5,7-8,17H,6,9-12H2,1-3H3. The summed E-state index contributed by atoms with van der Waals surface area (Å²) in [5.41, 5.74) is 2.55. The van der Waals surface area contributed by atoms with E-state index in [4.69, 9.17) is 0 Å². The zero-order valence-corrected chi connectivity index (χ0v) is 12.2. The molecule has 0 unspecified atom stereocenters. The number of aryl methyl sites for hydroxylation is 1. The van der Waals surface area contributed by atoms with Gasteiger partial charge in [0, 0.05) is 24.2 Å². The fourth-order valence-corrected chi connectivity index (χ4v) is 2.44. The highest BCUT2D eigenvalue weighted by Gasteiger charge is 2.23. The number of rotatable bonds is 4. The number of hydrogen-bond acceptors (Lipinski definition) is 2. The van der Waals surface area contributed by atoms with Crippen LogP contribution in [0.25, 0.3) is 0 Å². The third-order valence-corrected chi connectivity index (χ3v) is 3.41. The van der Waals surface area contributed by atoms with E-state index < -0.39 is 0 Å². The predicted molar refractivity (Wildman–Crippen MR) is 79.5 cm³/mol. The summed E-state index contributed by atoms with van der Waals surface area (Å²) in [5.74, 6) is 0.259. The van der Waals surface area contributed by atoms with E-state index in [-0.39, 0.29) is 11.4 Å². The second kappa shape index (κ2) is 5.74. The maximum absolute atomic E-state index is 12.1. The number of benzene rings is 1. The summed E-state index contributed by atoms with van der Waals surface area (Å²) in [5, 5.41) is 3.46. The highest BCUT2D eigenvalue weighted by molar-refractivity contribution is 5.96. The fourth-order valence-electron chi connectivity index (χ4n) is 2.44. The van der Waals surface area contributed by atoms with Crippen LogP contribution in [0.2, 0.25) is 0 Å². The Morgan fingerprint density at radius 3 is 2.68 bits per heavy atom. The van der Waals surface area contributed by atoms with Crippen LogP contribution in [0, 0.1) is 0 Å². The number of hydrogen-bond donors (Lipinski definition) is 1. The van der Waals surface area contributed by atoms with Crippen molar-refractivity contribution in [1.29, 1.82) is 0 Å². The molecular weight excluding hydrogens is 236 g/mol. The molecule has 0 atom stereocenters. The number of carbonyl (C=O) groups is 1. The van der Waals surface area contributed by atoms with Crippen LogP contribution < -0.4 is 10.2 Å². The van der Waals surface area contributed by atoms with Crippen molar-refractivity contribution in [1.82, 2.24) is 5.32 Å². The van der Waals surface area contributed by atoms with Crippen LogP contribution in [-0.2, 0) is 11.2 Å². The molecule has 104 valence electrons. The number of para-hydroxylation sites is 1. The van der Waals surface area contributed by atoms with E-state index in [1.54, 1.807) is 0 Å². The van der Waals surface area contributed by atoms with Crippen LogP contribution in [0.4, 0.5) is 5.69 Å². The smallest absolute Gasteiger partial charge is 0.227 e. The molecule has 0 aliphatic carbocycles. The van der Waals surface area contributed by atoms with Crippen molar-refractivity contribution in [2.75, 3.05) is 18.0 Å². The van der Waals surface area contributed by atoms with Crippen LogP contribution in [0.5, 0.6) is 0 Å². The van der Waals surface area contributed by atoms with Gasteiger partial charge in [0.1, 0.15) is 0 Å². The van der Waals surface area contributed by atoms with Gasteiger partial charge in [0.15, 0.2) is 0 Å². The molecule has 0 saturated carbocycles. The minimum Gasteiger partial charge on any atom is -0.312 e. The lowest BCUT2D eigenvalue weighted by Crippen LogP contribution is -2.40. The van der Waals surface area contributed by atoms with Gasteiger partial charge in [-0.15, -0.1) is 0 Å². The van der Waals surface area contributed by atoms with E-state index in [0.29, 0.717) is 6.42 Å². The first-order valence-electron chi connectivity index (χ1n) is 7.11. The van der Waals surface area contributed by atoms with Crippen molar-refractivity contribution in [3.8, 4) is 0 Å². The molecule has 3 heteroatoms. The number of fused-ring (bicyclic) bond motifs is 1. The Labute approximate surface area is 116 Å². The van der Waals surface area contributed by atoms with Crippen molar-refractivity contribution >= 4 is 11.6 Å². The molecule has 1 aromatic rings. The van der Waals surface area contributed by atoms with Gasteiger partial charge in [-0.25, -0.2) is 0 Å². The van der Waals surface area contributed by atoms with E-state index in [2.05, 4.69) is 38.2 Å². The average molecular weight is 260 g/mol. The van der Waals surface area contributed by atoms with Gasteiger partial charge in [0.05, 0.1) is 0 Å². The SMILES string of the molecule is CC(C)(C)NCCCN1C(=O)CCc2ccccc21. The Morgan fingerprint density at radius 1 is 1.21 bits per heavy atom. The monoisotopic (exact) mass is 260 g/mol. The number of nitrogens with zero attached hydrogens (tertiary/aromatic N) is 1. The number of carbonyl (C=O) groups excluding carboxylic acids is 1. The van der Waals surface area contributed by atoms with Gasteiger partial charge < -0.3 is 10.2 Å². The highest BCUT2D eigenvalue weighted by atomic mass is 16.2. The van der Waals surface area contributed by atoms with Gasteiger partial charge in [-0.05, 0) is 51.8 Å². The van der Waals surface area contributed by atoms with Gasteiger partial charge in [-0.1, -0.05) is 18.2 Å². The second-order valence-corrected chi connectivity index (χ2v) is 6.20. The maximum Gasteiger partial charge on any atom is 0.227 e.